The Balaban J connectivity index is 1.06. The molecule has 5 fully saturated rings. The molecule has 6 N–H and O–H groups in total. The van der Waals surface area contributed by atoms with Crippen LogP contribution in [-0.2, 0) is 44.4 Å². The maximum Gasteiger partial charge on any atom is 0.252 e. The molecule has 17 nitrogen and oxygen atoms in total. The van der Waals surface area contributed by atoms with Gasteiger partial charge in [0.05, 0.1) is 68.0 Å². The fourth-order valence-electron chi connectivity index (χ4n) is 9.93. The first-order valence-corrected chi connectivity index (χ1v) is 19.1. The summed E-state index contributed by atoms with van der Waals surface area (Å²) in [7, 11) is 2.91. The number of amides is 1. The number of nitrogens with two attached hydrogens (primary N) is 1. The van der Waals surface area contributed by atoms with Gasteiger partial charge in [-0.2, -0.15) is 0 Å². The highest BCUT2D eigenvalue weighted by Crippen LogP contribution is 2.53. The van der Waals surface area contributed by atoms with Crippen LogP contribution in [0.15, 0.2) is 18.2 Å². The number of fused-ring (bicyclic) bond motifs is 7. The first-order valence-electron chi connectivity index (χ1n) is 19.1. The van der Waals surface area contributed by atoms with Gasteiger partial charge in [0.1, 0.15) is 29.0 Å². The van der Waals surface area contributed by atoms with E-state index in [-0.39, 0.29) is 77.2 Å². The largest absolute Gasteiger partial charge is 0.507 e. The third kappa shape index (κ3) is 5.78. The summed E-state index contributed by atoms with van der Waals surface area (Å²) in [6.07, 6.45) is -5.16. The van der Waals surface area contributed by atoms with E-state index in [9.17, 15) is 29.7 Å². The minimum atomic E-state index is -2.20. The predicted octanol–water partition coefficient (Wildman–Crippen LogP) is 0.255. The number of carbonyl (C=O) groups excluding carboxylic acids is 3. The van der Waals surface area contributed by atoms with Crippen LogP contribution in [0, 0.1) is 11.8 Å². The van der Waals surface area contributed by atoms with Crippen LogP contribution in [0.25, 0.3) is 0 Å². The third-order valence-corrected chi connectivity index (χ3v) is 12.7. The summed E-state index contributed by atoms with van der Waals surface area (Å²) in [6.45, 7) is 4.17. The van der Waals surface area contributed by atoms with Crippen molar-refractivity contribution in [3.05, 3.63) is 51.6 Å². The maximum absolute atomic E-state index is 14.2. The lowest BCUT2D eigenvalue weighted by Gasteiger charge is -2.43. The van der Waals surface area contributed by atoms with E-state index in [1.807, 2.05) is 6.92 Å². The number of carbonyl (C=O) groups is 3. The number of morpholine rings is 1. The molecule has 0 bridgehead atoms. The van der Waals surface area contributed by atoms with Crippen molar-refractivity contribution in [2.24, 2.45) is 17.6 Å². The smallest absolute Gasteiger partial charge is 0.252 e. The topological polar surface area (TPSA) is 227 Å². The number of rotatable bonds is 8. The van der Waals surface area contributed by atoms with Crippen LogP contribution >= 0.6 is 0 Å². The van der Waals surface area contributed by atoms with E-state index in [1.165, 1.54) is 19.2 Å². The first-order chi connectivity index (χ1) is 27.0. The van der Waals surface area contributed by atoms with Gasteiger partial charge in [0.15, 0.2) is 24.6 Å². The van der Waals surface area contributed by atoms with E-state index >= 15 is 0 Å². The highest BCUT2D eigenvalue weighted by molar-refractivity contribution is 6.31. The Kier molecular flexibility index (Phi) is 9.63. The van der Waals surface area contributed by atoms with Crippen molar-refractivity contribution in [3.8, 4) is 17.2 Å². The number of hydrogen-bond acceptors (Lipinski definition) is 16. The molecule has 56 heavy (non-hydrogen) atoms. The van der Waals surface area contributed by atoms with Crippen LogP contribution in [0.4, 0.5) is 0 Å². The number of nitrogens with zero attached hydrogens (tertiary/aromatic N) is 1. The molecule has 2 aliphatic carbocycles. The predicted molar refractivity (Wildman–Crippen MR) is 190 cm³/mol. The number of phenols is 2. The van der Waals surface area contributed by atoms with Crippen molar-refractivity contribution in [2.75, 3.05) is 53.7 Å². The fourth-order valence-corrected chi connectivity index (χ4v) is 9.93. The van der Waals surface area contributed by atoms with Gasteiger partial charge in [-0.05, 0) is 19.5 Å². The number of hydrogen-bond donors (Lipinski definition) is 5. The molecule has 5 aliphatic heterocycles. The summed E-state index contributed by atoms with van der Waals surface area (Å²) in [4.78, 5) is 44.4. The Bertz CT molecular complexity index is 1940. The monoisotopic (exact) mass is 781 g/mol. The molecule has 0 radical (unpaired) electrons. The van der Waals surface area contributed by atoms with Crippen LogP contribution < -0.4 is 15.8 Å². The average molecular weight is 782 g/mol. The van der Waals surface area contributed by atoms with E-state index in [0.29, 0.717) is 39.3 Å². The molecule has 0 saturated carbocycles. The second-order valence-electron chi connectivity index (χ2n) is 15.8. The lowest BCUT2D eigenvalue weighted by molar-refractivity contribution is -0.256. The van der Waals surface area contributed by atoms with Crippen molar-refractivity contribution < 1.29 is 67.6 Å². The Morgan fingerprint density at radius 3 is 2.50 bits per heavy atom. The molecule has 0 aromatic heterocycles. The Morgan fingerprint density at radius 1 is 1.00 bits per heavy atom. The summed E-state index contributed by atoms with van der Waals surface area (Å²) < 4.78 is 47.9. The summed E-state index contributed by atoms with van der Waals surface area (Å²) >= 11 is 0. The van der Waals surface area contributed by atoms with Crippen LogP contribution in [0.2, 0.25) is 0 Å². The van der Waals surface area contributed by atoms with E-state index in [0.717, 1.165) is 0 Å². The number of benzene rings is 2. The van der Waals surface area contributed by atoms with Crippen LogP contribution in [0.3, 0.4) is 0 Å². The van der Waals surface area contributed by atoms with Gasteiger partial charge in [0.2, 0.25) is 5.78 Å². The summed E-state index contributed by atoms with van der Waals surface area (Å²) in [6, 6.07) is 4.32. The Morgan fingerprint density at radius 2 is 1.75 bits per heavy atom. The van der Waals surface area contributed by atoms with Gasteiger partial charge >= 0.3 is 0 Å². The van der Waals surface area contributed by atoms with E-state index in [2.05, 4.69) is 10.2 Å². The number of nitrogens with one attached hydrogen (secondary N) is 1. The van der Waals surface area contributed by atoms with Crippen molar-refractivity contribution in [3.63, 3.8) is 0 Å². The number of aliphatic hydroxyl groups is 1. The minimum Gasteiger partial charge on any atom is -0.507 e. The Hall–Kier alpha value is -3.75. The molecule has 7 aliphatic rings. The third-order valence-electron chi connectivity index (χ3n) is 12.7. The van der Waals surface area contributed by atoms with Gasteiger partial charge in [-0.25, -0.2) is 0 Å². The van der Waals surface area contributed by atoms with Gasteiger partial charge in [-0.15, -0.1) is 0 Å². The molecular weight excluding hydrogens is 734 g/mol. The quantitative estimate of drug-likeness (QED) is 0.193. The summed E-state index contributed by atoms with van der Waals surface area (Å²) in [5.74, 6) is -3.48. The molecule has 0 spiro atoms. The summed E-state index contributed by atoms with van der Waals surface area (Å²) in [5, 5.41) is 39.1. The van der Waals surface area contributed by atoms with Crippen molar-refractivity contribution in [1.29, 1.82) is 0 Å². The normalized spacial score (nSPS) is 37.3. The molecule has 0 unspecified atom stereocenters. The second-order valence-corrected chi connectivity index (χ2v) is 15.8. The van der Waals surface area contributed by atoms with Gasteiger partial charge < -0.3 is 64.3 Å². The molecular formula is C39H47N3O14. The first kappa shape index (κ1) is 37.8. The van der Waals surface area contributed by atoms with Gasteiger partial charge in [-0.1, -0.05) is 12.1 Å². The average Bonchev–Trinajstić information content (AvgIpc) is 3.91. The van der Waals surface area contributed by atoms with Crippen LogP contribution in [0.1, 0.15) is 68.8 Å². The second kappa shape index (κ2) is 14.3. The van der Waals surface area contributed by atoms with E-state index < -0.39 is 83.1 Å². The van der Waals surface area contributed by atoms with E-state index in [4.69, 9.17) is 43.6 Å². The van der Waals surface area contributed by atoms with Crippen molar-refractivity contribution >= 4 is 17.5 Å². The highest BCUT2D eigenvalue weighted by atomic mass is 16.7. The van der Waals surface area contributed by atoms with E-state index in [1.54, 1.807) is 13.2 Å². The highest BCUT2D eigenvalue weighted by Gasteiger charge is 2.56. The Labute approximate surface area is 322 Å². The summed E-state index contributed by atoms with van der Waals surface area (Å²) in [5.41, 5.74) is 2.64. The zero-order chi connectivity index (χ0) is 39.2. The maximum atomic E-state index is 14.2. The molecule has 302 valence electrons. The van der Waals surface area contributed by atoms with Gasteiger partial charge in [-0.3, -0.25) is 19.3 Å². The molecule has 2 aromatic rings. The zero-order valence-corrected chi connectivity index (χ0v) is 31.3. The lowest BCUT2D eigenvalue weighted by Crippen LogP contribution is -2.55. The van der Waals surface area contributed by atoms with Crippen LogP contribution in [0.5, 0.6) is 17.2 Å². The number of methoxy groups -OCH3 is 2. The fraction of sp³-hybridized carbons (Fsp3) is 0.615. The van der Waals surface area contributed by atoms with Gasteiger partial charge in [0, 0.05) is 74.0 Å². The lowest BCUT2D eigenvalue weighted by atomic mass is 9.72. The number of phenolic OH excluding ortho intramolecular Hbond substituents is 2. The molecule has 1 amide bonds. The van der Waals surface area contributed by atoms with Crippen molar-refractivity contribution in [2.45, 2.75) is 87.2 Å². The molecule has 12 atom stereocenters. The van der Waals surface area contributed by atoms with Crippen LogP contribution in [-0.4, -0.2) is 146 Å². The van der Waals surface area contributed by atoms with Crippen molar-refractivity contribution in [1.82, 2.24) is 10.2 Å². The van der Waals surface area contributed by atoms with Gasteiger partial charge in [0.25, 0.3) is 5.91 Å². The molecule has 17 heteroatoms. The number of ketones is 2. The zero-order valence-electron chi connectivity index (χ0n) is 31.3. The number of aromatic hydroxyl groups is 2. The minimum absolute atomic E-state index is 0.0220. The standard InChI is InChI=1S/C39H47N3O14/c1-16-33-21(42-7-8-51-37(50-3)36(42)56-33)9-24(54-16)55-23-11-39(48,38(47)41-13-18-15-53-34-17(12-40)14-52-35(18)34)10-20-26(23)32(46)28-27(30(20)44)29(43)19-5-4-6-22(49-2)25(19)31(28)45/h4-6,16-18,21,23-24,33-37,44,46,48H,7-15,40H2,1-3H3,(H,41,47)/t16-,17-,18-,21-,23-,24-,33+,34+,35+,36+,37-,39-/m0/s1. The SMILES string of the molecule is COc1cccc2c1C(=O)c1c(O)c3c(c(O)c1C2=O)C[C@@](O)(C(=O)NC[C@H]1CO[C@@H]2[C@@H](CN)CO[C@H]12)C[C@@H]3O[C@H]1C[C@H]2[C@H](O[C@@H]3[C@@H](OC)OCCN32)[C@H](C)O1. The molecule has 5 saturated heterocycles. The molecule has 9 rings (SSSR count). The number of ether oxygens (including phenoxy) is 8. The molecule has 5 heterocycles. The molecule has 2 aromatic carbocycles.